The Morgan fingerprint density at radius 3 is 2.48 bits per heavy atom. The van der Waals surface area contributed by atoms with Crippen molar-refractivity contribution in [1.29, 1.82) is 0 Å². The normalized spacial score (nSPS) is 10.3. The highest BCUT2D eigenvalue weighted by Crippen LogP contribution is 2.17. The minimum absolute atomic E-state index is 0.211. The largest absolute Gasteiger partial charge is 0.462 e. The maximum Gasteiger partial charge on any atom is 0.338 e. The van der Waals surface area contributed by atoms with Crippen LogP contribution in [0.4, 0.5) is 11.5 Å². The number of hydrogen-bond donors (Lipinski definition) is 2. The molecule has 0 atom stereocenters. The third-order valence-corrected chi connectivity index (χ3v) is 3.80. The Balaban J connectivity index is 2.05. The van der Waals surface area contributed by atoms with Crippen LogP contribution in [0.2, 0.25) is 0 Å². The van der Waals surface area contributed by atoms with Gasteiger partial charge in [-0.1, -0.05) is 19.8 Å². The molecular weight excluding hydrogens is 344 g/mol. The molecule has 0 spiro atoms. The fourth-order valence-electron chi connectivity index (χ4n) is 2.47. The summed E-state index contributed by atoms with van der Waals surface area (Å²) in [6, 6.07) is 8.48. The summed E-state index contributed by atoms with van der Waals surface area (Å²) in [5, 5.41) is 6.01. The summed E-state index contributed by atoms with van der Waals surface area (Å²) in [6.07, 6.45) is 3.13. The van der Waals surface area contributed by atoms with E-state index in [-0.39, 0.29) is 11.9 Å². The lowest BCUT2D eigenvalue weighted by molar-refractivity contribution is 0.0526. The Kier molecular flexibility index (Phi) is 7.73. The molecule has 1 amide bonds. The van der Waals surface area contributed by atoms with E-state index < -0.39 is 0 Å². The molecule has 0 saturated carbocycles. The topological polar surface area (TPSA) is 93.2 Å². The summed E-state index contributed by atoms with van der Waals surface area (Å²) < 4.78 is 4.97. The molecule has 2 N–H and O–H groups in total. The van der Waals surface area contributed by atoms with Gasteiger partial charge in [-0.2, -0.15) is 0 Å². The van der Waals surface area contributed by atoms with E-state index in [0.29, 0.717) is 36.1 Å². The number of anilines is 2. The highest BCUT2D eigenvalue weighted by molar-refractivity contribution is 5.93. The van der Waals surface area contributed by atoms with Crippen LogP contribution in [0, 0.1) is 6.92 Å². The molecule has 0 aliphatic heterocycles. The van der Waals surface area contributed by atoms with Crippen LogP contribution in [0.3, 0.4) is 0 Å². The lowest BCUT2D eigenvalue weighted by Gasteiger charge is -2.10. The SMILES string of the molecule is CCCCCNC(=O)c1cc(Nc2ccc(C(=O)OCC)cc2)nc(C)n1. The first-order chi connectivity index (χ1) is 13.0. The first-order valence-corrected chi connectivity index (χ1v) is 9.21. The van der Waals surface area contributed by atoms with Crippen molar-refractivity contribution >= 4 is 23.4 Å². The molecule has 7 heteroatoms. The minimum atomic E-state index is -0.357. The summed E-state index contributed by atoms with van der Waals surface area (Å²) in [7, 11) is 0. The number of carbonyl (C=O) groups excluding carboxylic acids is 2. The van der Waals surface area contributed by atoms with E-state index in [1.54, 1.807) is 44.2 Å². The molecule has 2 rings (SSSR count). The fraction of sp³-hybridized carbons (Fsp3) is 0.400. The Morgan fingerprint density at radius 2 is 1.81 bits per heavy atom. The van der Waals surface area contributed by atoms with Crippen LogP contribution in [0.15, 0.2) is 30.3 Å². The van der Waals surface area contributed by atoms with Gasteiger partial charge in [0.05, 0.1) is 12.2 Å². The molecular formula is C20H26N4O3. The molecule has 7 nitrogen and oxygen atoms in total. The van der Waals surface area contributed by atoms with Crippen molar-refractivity contribution in [1.82, 2.24) is 15.3 Å². The van der Waals surface area contributed by atoms with Gasteiger partial charge in [0.1, 0.15) is 17.3 Å². The summed E-state index contributed by atoms with van der Waals surface area (Å²) in [5.41, 5.74) is 1.55. The summed E-state index contributed by atoms with van der Waals surface area (Å²) in [4.78, 5) is 32.5. The van der Waals surface area contributed by atoms with Crippen LogP contribution in [-0.4, -0.2) is 35.0 Å². The summed E-state index contributed by atoms with van der Waals surface area (Å²) in [6.45, 7) is 6.59. The van der Waals surface area contributed by atoms with Gasteiger partial charge in [0.25, 0.3) is 5.91 Å². The highest BCUT2D eigenvalue weighted by Gasteiger charge is 2.11. The summed E-state index contributed by atoms with van der Waals surface area (Å²) >= 11 is 0. The van der Waals surface area contributed by atoms with E-state index >= 15 is 0 Å². The maximum absolute atomic E-state index is 12.3. The molecule has 1 aromatic carbocycles. The molecule has 0 bridgehead atoms. The first kappa shape index (κ1) is 20.4. The van der Waals surface area contributed by atoms with Gasteiger partial charge in [0.2, 0.25) is 0 Å². The van der Waals surface area contributed by atoms with Crippen LogP contribution in [-0.2, 0) is 4.74 Å². The molecule has 2 aromatic rings. The van der Waals surface area contributed by atoms with Crippen LogP contribution >= 0.6 is 0 Å². The molecule has 0 aliphatic rings. The van der Waals surface area contributed by atoms with Gasteiger partial charge in [0, 0.05) is 18.3 Å². The van der Waals surface area contributed by atoms with Crippen molar-refractivity contribution < 1.29 is 14.3 Å². The minimum Gasteiger partial charge on any atom is -0.462 e. The molecule has 0 fully saturated rings. The third kappa shape index (κ3) is 6.36. The van der Waals surface area contributed by atoms with Crippen molar-refractivity contribution in [2.24, 2.45) is 0 Å². The quantitative estimate of drug-likeness (QED) is 0.517. The standard InChI is InChI=1S/C20H26N4O3/c1-4-6-7-12-21-19(25)17-13-18(23-14(3)22-17)24-16-10-8-15(9-11-16)20(26)27-5-2/h8-11,13H,4-7,12H2,1-3H3,(H,21,25)(H,22,23,24). The Labute approximate surface area is 159 Å². The predicted octanol–water partition coefficient (Wildman–Crippen LogP) is 3.63. The fourth-order valence-corrected chi connectivity index (χ4v) is 2.47. The lowest BCUT2D eigenvalue weighted by Crippen LogP contribution is -2.25. The Morgan fingerprint density at radius 1 is 1.07 bits per heavy atom. The number of hydrogen-bond acceptors (Lipinski definition) is 6. The predicted molar refractivity (Wildman–Crippen MR) is 104 cm³/mol. The van der Waals surface area contributed by atoms with E-state index in [4.69, 9.17) is 4.74 Å². The Bertz CT molecular complexity index is 775. The monoisotopic (exact) mass is 370 g/mol. The van der Waals surface area contributed by atoms with Crippen molar-refractivity contribution in [3.63, 3.8) is 0 Å². The molecule has 1 heterocycles. The van der Waals surface area contributed by atoms with Crippen molar-refractivity contribution in [2.45, 2.75) is 40.0 Å². The van der Waals surface area contributed by atoms with Crippen LogP contribution in [0.5, 0.6) is 0 Å². The number of benzene rings is 1. The molecule has 1 aromatic heterocycles. The van der Waals surface area contributed by atoms with Crippen LogP contribution in [0.25, 0.3) is 0 Å². The molecule has 0 saturated heterocycles. The number of rotatable bonds is 9. The van der Waals surface area contributed by atoms with Gasteiger partial charge in [-0.25, -0.2) is 14.8 Å². The number of aryl methyl sites for hydroxylation is 1. The van der Waals surface area contributed by atoms with E-state index in [0.717, 1.165) is 24.9 Å². The highest BCUT2D eigenvalue weighted by atomic mass is 16.5. The number of esters is 1. The van der Waals surface area contributed by atoms with Crippen molar-refractivity contribution in [3.8, 4) is 0 Å². The van der Waals surface area contributed by atoms with E-state index in [9.17, 15) is 9.59 Å². The zero-order valence-corrected chi connectivity index (χ0v) is 16.0. The second-order valence-corrected chi connectivity index (χ2v) is 6.07. The zero-order valence-electron chi connectivity index (χ0n) is 16.0. The first-order valence-electron chi connectivity index (χ1n) is 9.21. The number of amides is 1. The van der Waals surface area contributed by atoms with E-state index in [1.807, 2.05) is 0 Å². The molecule has 0 radical (unpaired) electrons. The van der Waals surface area contributed by atoms with E-state index in [1.165, 1.54) is 0 Å². The number of aromatic nitrogens is 2. The van der Waals surface area contributed by atoms with Crippen molar-refractivity contribution in [2.75, 3.05) is 18.5 Å². The van der Waals surface area contributed by atoms with E-state index in [2.05, 4.69) is 27.5 Å². The molecule has 144 valence electrons. The summed E-state index contributed by atoms with van der Waals surface area (Å²) in [5.74, 6) is 0.452. The molecule has 27 heavy (non-hydrogen) atoms. The van der Waals surface area contributed by atoms with Gasteiger partial charge >= 0.3 is 5.97 Å². The van der Waals surface area contributed by atoms with Gasteiger partial charge in [0.15, 0.2) is 0 Å². The van der Waals surface area contributed by atoms with Crippen LogP contribution in [0.1, 0.15) is 59.8 Å². The number of nitrogens with one attached hydrogen (secondary N) is 2. The molecule has 0 aliphatic carbocycles. The number of carbonyl (C=O) groups is 2. The maximum atomic E-state index is 12.3. The third-order valence-electron chi connectivity index (χ3n) is 3.80. The number of nitrogens with zero attached hydrogens (tertiary/aromatic N) is 2. The van der Waals surface area contributed by atoms with Gasteiger partial charge in [-0.05, 0) is 44.5 Å². The smallest absolute Gasteiger partial charge is 0.338 e. The van der Waals surface area contributed by atoms with Gasteiger partial charge in [-0.3, -0.25) is 4.79 Å². The zero-order chi connectivity index (χ0) is 19.6. The Hall–Kier alpha value is -2.96. The molecule has 0 unspecified atom stereocenters. The lowest BCUT2D eigenvalue weighted by atomic mass is 10.2. The number of ether oxygens (including phenoxy) is 1. The van der Waals surface area contributed by atoms with Crippen LogP contribution < -0.4 is 10.6 Å². The second kappa shape index (κ2) is 10.3. The average Bonchev–Trinajstić information content (AvgIpc) is 2.65. The van der Waals surface area contributed by atoms with Gasteiger partial charge < -0.3 is 15.4 Å². The average molecular weight is 370 g/mol. The van der Waals surface area contributed by atoms with Crippen molar-refractivity contribution in [3.05, 3.63) is 47.4 Å². The number of unbranched alkanes of at least 4 members (excludes halogenated alkanes) is 2. The van der Waals surface area contributed by atoms with Gasteiger partial charge in [-0.15, -0.1) is 0 Å². The second-order valence-electron chi connectivity index (χ2n) is 6.07.